The number of anilines is 1. The first-order valence-electron chi connectivity index (χ1n) is 4.44. The van der Waals surface area contributed by atoms with Crippen LogP contribution in [0.1, 0.15) is 0 Å². The molecule has 0 atom stereocenters. The number of hydrogen-bond donors (Lipinski definition) is 2. The predicted molar refractivity (Wildman–Crippen MR) is 62.2 cm³/mol. The lowest BCUT2D eigenvalue weighted by atomic mass is 10.4. The number of nitrogens with zero attached hydrogens (tertiary/aromatic N) is 3. The normalized spacial score (nSPS) is 10.5. The molecular weight excluding hydrogens is 210 g/mol. The monoisotopic (exact) mass is 221 g/mol. The molecule has 5 nitrogen and oxygen atoms in total. The average Bonchev–Trinajstić information content (AvgIpc) is 2.69. The Kier molecular flexibility index (Phi) is 2.86. The van der Waals surface area contributed by atoms with Crippen LogP contribution in [0.3, 0.4) is 0 Å². The number of thioether (sulfide) groups is 1. The summed E-state index contributed by atoms with van der Waals surface area (Å²) in [6.45, 7) is 4.32. The molecule has 0 bridgehead atoms. The first-order chi connectivity index (χ1) is 7.36. The molecule has 2 aromatic heterocycles. The van der Waals surface area contributed by atoms with Crippen molar-refractivity contribution >= 4 is 28.6 Å². The van der Waals surface area contributed by atoms with Crippen LogP contribution in [0.5, 0.6) is 0 Å². The molecule has 2 heterocycles. The van der Waals surface area contributed by atoms with E-state index in [9.17, 15) is 0 Å². The molecule has 0 aliphatic heterocycles. The number of rotatable bonds is 4. The lowest BCUT2D eigenvalue weighted by molar-refractivity contribution is 1.02. The van der Waals surface area contributed by atoms with Crippen LogP contribution in [0.4, 0.5) is 5.82 Å². The van der Waals surface area contributed by atoms with Gasteiger partial charge in [0.2, 0.25) is 0 Å². The molecule has 0 unspecified atom stereocenters. The van der Waals surface area contributed by atoms with E-state index in [0.717, 1.165) is 21.9 Å². The van der Waals surface area contributed by atoms with E-state index in [0.29, 0.717) is 6.54 Å². The summed E-state index contributed by atoms with van der Waals surface area (Å²) in [7, 11) is 0. The summed E-state index contributed by atoms with van der Waals surface area (Å²) < 4.78 is 0. The number of fused-ring (bicyclic) bond motifs is 1. The summed E-state index contributed by atoms with van der Waals surface area (Å²) in [5, 5.41) is 12.0. The van der Waals surface area contributed by atoms with Gasteiger partial charge in [0, 0.05) is 6.54 Å². The smallest absolute Gasteiger partial charge is 0.161 e. The van der Waals surface area contributed by atoms with Gasteiger partial charge < -0.3 is 5.32 Å². The molecule has 2 aromatic rings. The third kappa shape index (κ3) is 1.80. The molecule has 0 radical (unpaired) electrons. The number of nitrogens with one attached hydrogen (secondary N) is 2. The van der Waals surface area contributed by atoms with Crippen molar-refractivity contribution in [3.63, 3.8) is 0 Å². The first-order valence-corrected chi connectivity index (χ1v) is 5.67. The first kappa shape index (κ1) is 9.97. The summed E-state index contributed by atoms with van der Waals surface area (Å²) in [5.41, 5.74) is 0.751. The van der Waals surface area contributed by atoms with Gasteiger partial charge in [-0.1, -0.05) is 6.08 Å². The van der Waals surface area contributed by atoms with Crippen LogP contribution in [-0.4, -0.2) is 33.0 Å². The van der Waals surface area contributed by atoms with Crippen molar-refractivity contribution in [2.45, 2.75) is 5.03 Å². The minimum atomic E-state index is 0.672. The van der Waals surface area contributed by atoms with E-state index in [4.69, 9.17) is 0 Å². The van der Waals surface area contributed by atoms with Gasteiger partial charge >= 0.3 is 0 Å². The molecule has 0 aromatic carbocycles. The second-order valence-electron chi connectivity index (χ2n) is 2.85. The zero-order chi connectivity index (χ0) is 10.7. The molecule has 0 amide bonds. The van der Waals surface area contributed by atoms with Crippen molar-refractivity contribution in [3.8, 4) is 0 Å². The molecule has 0 aliphatic rings. The van der Waals surface area contributed by atoms with Crippen LogP contribution >= 0.6 is 11.8 Å². The Hall–Kier alpha value is -1.56. The van der Waals surface area contributed by atoms with Gasteiger partial charge in [0.15, 0.2) is 5.65 Å². The summed E-state index contributed by atoms with van der Waals surface area (Å²) in [6, 6.07) is 0. The van der Waals surface area contributed by atoms with Gasteiger partial charge in [-0.25, -0.2) is 9.97 Å². The Morgan fingerprint density at radius 1 is 1.60 bits per heavy atom. The summed E-state index contributed by atoms with van der Waals surface area (Å²) in [4.78, 5) is 8.29. The lowest BCUT2D eigenvalue weighted by Gasteiger charge is -2.03. The fraction of sp³-hybridized carbons (Fsp3) is 0.222. The minimum Gasteiger partial charge on any atom is -0.366 e. The van der Waals surface area contributed by atoms with Crippen molar-refractivity contribution in [3.05, 3.63) is 19.0 Å². The van der Waals surface area contributed by atoms with E-state index in [1.807, 2.05) is 6.26 Å². The van der Waals surface area contributed by atoms with Crippen LogP contribution < -0.4 is 5.32 Å². The maximum Gasteiger partial charge on any atom is 0.161 e. The van der Waals surface area contributed by atoms with Crippen molar-refractivity contribution < 1.29 is 0 Å². The maximum atomic E-state index is 4.18. The third-order valence-corrected chi connectivity index (χ3v) is 2.61. The van der Waals surface area contributed by atoms with Crippen LogP contribution in [0.15, 0.2) is 24.0 Å². The van der Waals surface area contributed by atoms with Crippen molar-refractivity contribution in [1.29, 1.82) is 0 Å². The topological polar surface area (TPSA) is 66.5 Å². The predicted octanol–water partition coefficient (Wildman–Crippen LogP) is 1.67. The Labute approximate surface area is 91.4 Å². The van der Waals surface area contributed by atoms with Crippen LogP contribution in [0, 0.1) is 0 Å². The average molecular weight is 221 g/mol. The lowest BCUT2D eigenvalue weighted by Crippen LogP contribution is -2.01. The van der Waals surface area contributed by atoms with E-state index < -0.39 is 0 Å². The third-order valence-electron chi connectivity index (χ3n) is 1.93. The van der Waals surface area contributed by atoms with Gasteiger partial charge in [-0.2, -0.15) is 5.10 Å². The van der Waals surface area contributed by atoms with Crippen LogP contribution in [-0.2, 0) is 0 Å². The highest BCUT2D eigenvalue weighted by Gasteiger charge is 2.10. The SMILES string of the molecule is C=CCNc1ncnc2[nH]nc(SC)c12. The number of H-pyrrole nitrogens is 1. The van der Waals surface area contributed by atoms with Gasteiger partial charge in [0.25, 0.3) is 0 Å². The molecule has 0 saturated carbocycles. The highest BCUT2D eigenvalue weighted by molar-refractivity contribution is 7.98. The molecule has 78 valence electrons. The Morgan fingerprint density at radius 3 is 3.20 bits per heavy atom. The molecule has 0 spiro atoms. The van der Waals surface area contributed by atoms with Gasteiger partial charge in [-0.05, 0) is 6.26 Å². The summed E-state index contributed by atoms with van der Waals surface area (Å²) >= 11 is 1.56. The molecule has 2 rings (SSSR count). The number of aromatic nitrogens is 4. The zero-order valence-electron chi connectivity index (χ0n) is 8.32. The van der Waals surface area contributed by atoms with Crippen molar-refractivity contribution in [2.24, 2.45) is 0 Å². The van der Waals surface area contributed by atoms with E-state index >= 15 is 0 Å². The number of aromatic amines is 1. The quantitative estimate of drug-likeness (QED) is 0.607. The maximum absolute atomic E-state index is 4.18. The molecular formula is C9H11N5S. The zero-order valence-corrected chi connectivity index (χ0v) is 9.14. The van der Waals surface area contributed by atoms with Crippen molar-refractivity contribution in [2.75, 3.05) is 18.1 Å². The Morgan fingerprint density at radius 2 is 2.47 bits per heavy atom. The fourth-order valence-electron chi connectivity index (χ4n) is 1.28. The molecule has 0 saturated heterocycles. The molecule has 2 N–H and O–H groups in total. The van der Waals surface area contributed by atoms with E-state index in [-0.39, 0.29) is 0 Å². The van der Waals surface area contributed by atoms with Crippen molar-refractivity contribution in [1.82, 2.24) is 20.2 Å². The molecule has 6 heteroatoms. The molecule has 15 heavy (non-hydrogen) atoms. The van der Waals surface area contributed by atoms with Gasteiger partial charge in [0.05, 0.1) is 5.39 Å². The van der Waals surface area contributed by atoms with E-state index in [2.05, 4.69) is 32.1 Å². The van der Waals surface area contributed by atoms with Gasteiger partial charge in [0.1, 0.15) is 17.2 Å². The molecule has 0 aliphatic carbocycles. The highest BCUT2D eigenvalue weighted by atomic mass is 32.2. The van der Waals surface area contributed by atoms with Gasteiger partial charge in [-0.15, -0.1) is 18.3 Å². The Balaban J connectivity index is 2.51. The summed E-state index contributed by atoms with van der Waals surface area (Å²) in [5.74, 6) is 0.790. The highest BCUT2D eigenvalue weighted by Crippen LogP contribution is 2.27. The van der Waals surface area contributed by atoms with Crippen LogP contribution in [0.25, 0.3) is 11.0 Å². The minimum absolute atomic E-state index is 0.672. The fourth-order valence-corrected chi connectivity index (χ4v) is 1.82. The second-order valence-corrected chi connectivity index (χ2v) is 3.64. The Bertz CT molecular complexity index is 478. The van der Waals surface area contributed by atoms with E-state index in [1.54, 1.807) is 17.8 Å². The second kappa shape index (κ2) is 4.31. The number of hydrogen-bond acceptors (Lipinski definition) is 5. The van der Waals surface area contributed by atoms with Gasteiger partial charge in [-0.3, -0.25) is 5.10 Å². The van der Waals surface area contributed by atoms with Crippen LogP contribution in [0.2, 0.25) is 0 Å². The standard InChI is InChI=1S/C9H11N5S/c1-3-4-10-7-6-8(12-5-11-7)13-14-9(6)15-2/h3,5H,1,4H2,2H3,(H2,10,11,12,13,14). The largest absolute Gasteiger partial charge is 0.366 e. The van der Waals surface area contributed by atoms with E-state index in [1.165, 1.54) is 6.33 Å². The molecule has 0 fully saturated rings. The summed E-state index contributed by atoms with van der Waals surface area (Å²) in [6.07, 6.45) is 5.27.